The summed E-state index contributed by atoms with van der Waals surface area (Å²) in [5.41, 5.74) is 0. The van der Waals surface area contributed by atoms with E-state index in [0.29, 0.717) is 43.4 Å². The highest BCUT2D eigenvalue weighted by atomic mass is 31.2. The molecule has 0 amide bonds. The van der Waals surface area contributed by atoms with Gasteiger partial charge in [0.2, 0.25) is 0 Å². The number of hydrogen-bond donors (Lipinski definition) is 3. The summed E-state index contributed by atoms with van der Waals surface area (Å²) in [5, 5.41) is 10.5. The lowest BCUT2D eigenvalue weighted by atomic mass is 10.0. The second-order valence-electron chi connectivity index (χ2n) is 24.0. The first kappa shape index (κ1) is 78.1. The van der Waals surface area contributed by atoms with E-state index < -0.39 is 97.5 Å². The zero-order valence-corrected chi connectivity index (χ0v) is 53.5. The molecular weight excluding hydrogens is 1070 g/mol. The van der Waals surface area contributed by atoms with Crippen LogP contribution in [0.5, 0.6) is 0 Å². The SMILES string of the molecule is CC(C)CCCCCCCCCCCC(=O)O[C@H](COC(=O)CCCCCCCCC(C)C)COP(=O)(O)OCC(O)COP(=O)(O)OC[C@@H](COC(=O)CCCCCCCCCC(C)C)OC(=O)CCCCCCCCC(C)C. The fourth-order valence-electron chi connectivity index (χ4n) is 8.90. The first-order valence-electron chi connectivity index (χ1n) is 31.7. The van der Waals surface area contributed by atoms with Crippen molar-refractivity contribution < 1.29 is 80.2 Å². The Hall–Kier alpha value is -1.94. The lowest BCUT2D eigenvalue weighted by Gasteiger charge is -2.21. The average Bonchev–Trinajstić information content (AvgIpc) is 3.39. The standard InChI is InChI=1S/C61H118O17P2/c1-51(2)37-29-21-13-10-9-11-15-27-35-43-60(65)77-56(48-72-59(64)42-34-26-19-17-23-31-39-53(5)6)49-75-79(67,68)73-45-55(62)46-74-80(69,70)76-50-57(78-61(66)44-36-28-20-18-24-32-40-54(7)8)47-71-58(63)41-33-25-16-12-14-22-30-38-52(3)4/h51-57,62H,9-50H2,1-8H3,(H,67,68)(H,69,70)/t55?,56-,57-/m1/s1. The van der Waals surface area contributed by atoms with Crippen LogP contribution in [0.2, 0.25) is 0 Å². The van der Waals surface area contributed by atoms with Gasteiger partial charge in [0.25, 0.3) is 0 Å². The zero-order chi connectivity index (χ0) is 59.7. The molecule has 0 aliphatic rings. The highest BCUT2D eigenvalue weighted by Crippen LogP contribution is 2.45. The van der Waals surface area contributed by atoms with Crippen LogP contribution in [-0.4, -0.2) is 96.7 Å². The zero-order valence-electron chi connectivity index (χ0n) is 51.7. The molecular formula is C61H118O17P2. The number of aliphatic hydroxyl groups excluding tert-OH is 1. The normalized spacial score (nSPS) is 14.5. The van der Waals surface area contributed by atoms with Crippen LogP contribution >= 0.6 is 15.6 Å². The van der Waals surface area contributed by atoms with Gasteiger partial charge in [-0.2, -0.15) is 0 Å². The van der Waals surface area contributed by atoms with E-state index in [0.717, 1.165) is 109 Å². The second-order valence-corrected chi connectivity index (χ2v) is 26.9. The molecule has 17 nitrogen and oxygen atoms in total. The van der Waals surface area contributed by atoms with Gasteiger partial charge in [-0.1, -0.05) is 235 Å². The Morgan fingerprint density at radius 1 is 0.312 bits per heavy atom. The Labute approximate surface area is 486 Å². The maximum atomic E-state index is 12.9. The van der Waals surface area contributed by atoms with Gasteiger partial charge in [-0.25, -0.2) is 9.13 Å². The maximum absolute atomic E-state index is 12.9. The summed E-state index contributed by atoms with van der Waals surface area (Å²) in [6.45, 7) is 13.8. The Kier molecular flexibility index (Phi) is 50.2. The molecule has 3 unspecified atom stereocenters. The third-order valence-electron chi connectivity index (χ3n) is 13.8. The molecule has 0 aromatic heterocycles. The minimum absolute atomic E-state index is 0.100. The van der Waals surface area contributed by atoms with Crippen LogP contribution in [0.1, 0.15) is 287 Å². The fourth-order valence-corrected chi connectivity index (χ4v) is 10.5. The number of phosphoric ester groups is 2. The summed E-state index contributed by atoms with van der Waals surface area (Å²) in [6, 6.07) is 0. The fraction of sp³-hybridized carbons (Fsp3) is 0.934. The summed E-state index contributed by atoms with van der Waals surface area (Å²) in [6.07, 6.45) is 29.8. The summed E-state index contributed by atoms with van der Waals surface area (Å²) in [7, 11) is -9.88. The molecule has 0 aliphatic carbocycles. The van der Waals surface area contributed by atoms with Crippen LogP contribution in [0, 0.1) is 23.7 Å². The number of hydrogen-bond acceptors (Lipinski definition) is 15. The molecule has 0 saturated carbocycles. The third kappa shape index (κ3) is 55.3. The Morgan fingerprint density at radius 2 is 0.525 bits per heavy atom. The van der Waals surface area contributed by atoms with Gasteiger partial charge in [0.05, 0.1) is 26.4 Å². The van der Waals surface area contributed by atoms with Crippen LogP contribution in [0.15, 0.2) is 0 Å². The summed E-state index contributed by atoms with van der Waals surface area (Å²) >= 11 is 0. The van der Waals surface area contributed by atoms with E-state index in [2.05, 4.69) is 55.4 Å². The molecule has 0 fully saturated rings. The molecule has 0 aromatic carbocycles. The van der Waals surface area contributed by atoms with Crippen molar-refractivity contribution in [2.75, 3.05) is 39.6 Å². The second kappa shape index (κ2) is 51.5. The molecule has 0 bridgehead atoms. The predicted molar refractivity (Wildman–Crippen MR) is 317 cm³/mol. The summed E-state index contributed by atoms with van der Waals surface area (Å²) in [4.78, 5) is 72.0. The van der Waals surface area contributed by atoms with Gasteiger partial charge < -0.3 is 33.8 Å². The van der Waals surface area contributed by atoms with Crippen LogP contribution in [0.4, 0.5) is 0 Å². The Bertz CT molecular complexity index is 1610. The van der Waals surface area contributed by atoms with Crippen LogP contribution in [0.25, 0.3) is 0 Å². The van der Waals surface area contributed by atoms with Crippen molar-refractivity contribution in [2.45, 2.75) is 305 Å². The molecule has 0 saturated heterocycles. The molecule has 474 valence electrons. The molecule has 0 aromatic rings. The minimum Gasteiger partial charge on any atom is -0.462 e. The average molecular weight is 1190 g/mol. The molecule has 0 spiro atoms. The van der Waals surface area contributed by atoms with Gasteiger partial charge in [0, 0.05) is 25.7 Å². The van der Waals surface area contributed by atoms with E-state index >= 15 is 0 Å². The molecule has 0 rings (SSSR count). The largest absolute Gasteiger partial charge is 0.472 e. The number of rotatable bonds is 58. The number of unbranched alkanes of at least 4 members (excludes halogenated alkanes) is 24. The van der Waals surface area contributed by atoms with Gasteiger partial charge in [-0.3, -0.25) is 37.3 Å². The molecule has 0 radical (unpaired) electrons. The Balaban J connectivity index is 5.24. The number of carbonyl (C=O) groups is 4. The lowest BCUT2D eigenvalue weighted by Crippen LogP contribution is -2.30. The molecule has 19 heteroatoms. The predicted octanol–water partition coefficient (Wildman–Crippen LogP) is 16.2. The number of phosphoric acid groups is 2. The monoisotopic (exact) mass is 1180 g/mol. The van der Waals surface area contributed by atoms with Crippen LogP contribution in [-0.2, 0) is 65.4 Å². The lowest BCUT2D eigenvalue weighted by molar-refractivity contribution is -0.161. The van der Waals surface area contributed by atoms with Crippen LogP contribution < -0.4 is 0 Å². The van der Waals surface area contributed by atoms with E-state index in [1.807, 2.05) is 0 Å². The molecule has 0 heterocycles. The molecule has 0 aliphatic heterocycles. The number of carbonyl (C=O) groups excluding carboxylic acids is 4. The highest BCUT2D eigenvalue weighted by molar-refractivity contribution is 7.47. The summed E-state index contributed by atoms with van der Waals surface area (Å²) in [5.74, 6) is 0.641. The third-order valence-corrected chi connectivity index (χ3v) is 15.7. The van der Waals surface area contributed by atoms with Crippen molar-refractivity contribution in [1.29, 1.82) is 0 Å². The summed E-state index contributed by atoms with van der Waals surface area (Å²) < 4.78 is 67.8. The van der Waals surface area contributed by atoms with Crippen molar-refractivity contribution in [3.05, 3.63) is 0 Å². The van der Waals surface area contributed by atoms with Gasteiger partial charge in [-0.15, -0.1) is 0 Å². The van der Waals surface area contributed by atoms with E-state index in [1.165, 1.54) is 77.0 Å². The topological polar surface area (TPSA) is 237 Å². The number of esters is 4. The van der Waals surface area contributed by atoms with Crippen molar-refractivity contribution in [3.8, 4) is 0 Å². The van der Waals surface area contributed by atoms with Gasteiger partial charge in [-0.05, 0) is 49.4 Å². The number of ether oxygens (including phenoxy) is 4. The molecule has 80 heavy (non-hydrogen) atoms. The van der Waals surface area contributed by atoms with Gasteiger partial charge in [0.15, 0.2) is 12.2 Å². The quantitative estimate of drug-likeness (QED) is 0.0222. The minimum atomic E-state index is -4.94. The van der Waals surface area contributed by atoms with Gasteiger partial charge >= 0.3 is 39.5 Å². The van der Waals surface area contributed by atoms with Gasteiger partial charge in [0.1, 0.15) is 19.3 Å². The van der Waals surface area contributed by atoms with E-state index in [1.54, 1.807) is 0 Å². The smallest absolute Gasteiger partial charge is 0.462 e. The van der Waals surface area contributed by atoms with Crippen molar-refractivity contribution in [2.24, 2.45) is 23.7 Å². The van der Waals surface area contributed by atoms with E-state index in [9.17, 15) is 43.2 Å². The highest BCUT2D eigenvalue weighted by Gasteiger charge is 2.30. The van der Waals surface area contributed by atoms with Crippen molar-refractivity contribution in [3.63, 3.8) is 0 Å². The van der Waals surface area contributed by atoms with Crippen LogP contribution in [0.3, 0.4) is 0 Å². The van der Waals surface area contributed by atoms with E-state index in [4.69, 9.17) is 37.0 Å². The Morgan fingerprint density at radius 3 is 0.775 bits per heavy atom. The van der Waals surface area contributed by atoms with E-state index in [-0.39, 0.29) is 25.7 Å². The number of aliphatic hydroxyl groups is 1. The molecule has 3 N–H and O–H groups in total. The van der Waals surface area contributed by atoms with Crippen molar-refractivity contribution >= 4 is 39.5 Å². The molecule has 5 atom stereocenters. The maximum Gasteiger partial charge on any atom is 0.472 e. The first-order valence-corrected chi connectivity index (χ1v) is 34.7. The first-order chi connectivity index (χ1) is 38.1. The van der Waals surface area contributed by atoms with Crippen molar-refractivity contribution in [1.82, 2.24) is 0 Å².